The van der Waals surface area contributed by atoms with Gasteiger partial charge in [0.2, 0.25) is 0 Å². The molecule has 1 aliphatic rings. The number of hydrogen-bond acceptors (Lipinski definition) is 2. The fourth-order valence-electron chi connectivity index (χ4n) is 2.88. The first-order valence-corrected chi connectivity index (χ1v) is 6.34. The third-order valence-electron chi connectivity index (χ3n) is 3.72. The Morgan fingerprint density at radius 2 is 1.79 bits per heavy atom. The molecule has 1 heterocycles. The number of hydrogen-bond donors (Lipinski definition) is 0. The number of carbonyl (C=O) groups is 1. The van der Waals surface area contributed by atoms with Crippen molar-refractivity contribution in [2.75, 3.05) is 0 Å². The summed E-state index contributed by atoms with van der Waals surface area (Å²) < 4.78 is 0. The molecular formula is C17H11NO. The number of rotatable bonds is 0. The summed E-state index contributed by atoms with van der Waals surface area (Å²) in [5, 5.41) is 0.958. The number of pyridine rings is 1. The van der Waals surface area contributed by atoms with E-state index in [4.69, 9.17) is 0 Å². The van der Waals surface area contributed by atoms with Crippen molar-refractivity contribution in [1.29, 1.82) is 0 Å². The first kappa shape index (κ1) is 10.4. The van der Waals surface area contributed by atoms with Gasteiger partial charge in [-0.25, -0.2) is 0 Å². The van der Waals surface area contributed by atoms with Crippen LogP contribution in [0.4, 0.5) is 0 Å². The molecule has 0 radical (unpaired) electrons. The molecule has 0 N–H and O–H groups in total. The smallest absolute Gasteiger partial charge is 0.168 e. The van der Waals surface area contributed by atoms with E-state index in [1.165, 1.54) is 5.56 Å². The molecule has 3 aromatic rings. The molecule has 0 unspecified atom stereocenters. The van der Waals surface area contributed by atoms with E-state index >= 15 is 0 Å². The standard InChI is InChI=1S/C17H11NO/c19-16-10-11-4-1-2-5-12(11)13-7-8-15-14(17(13)16)6-3-9-18-15/h1-9H,10H2. The second kappa shape index (κ2) is 3.75. The van der Waals surface area contributed by atoms with Crippen LogP contribution in [0.1, 0.15) is 15.9 Å². The molecule has 2 heteroatoms. The van der Waals surface area contributed by atoms with E-state index in [0.717, 1.165) is 27.6 Å². The molecule has 0 saturated heterocycles. The van der Waals surface area contributed by atoms with Crippen molar-refractivity contribution in [1.82, 2.24) is 4.98 Å². The van der Waals surface area contributed by atoms with Crippen LogP contribution >= 0.6 is 0 Å². The first-order valence-electron chi connectivity index (χ1n) is 6.34. The molecule has 90 valence electrons. The van der Waals surface area contributed by atoms with Crippen LogP contribution in [0.2, 0.25) is 0 Å². The molecule has 0 aliphatic heterocycles. The molecule has 0 spiro atoms. The summed E-state index contributed by atoms with van der Waals surface area (Å²) in [7, 11) is 0. The number of ketones is 1. The predicted molar refractivity (Wildman–Crippen MR) is 75.2 cm³/mol. The minimum Gasteiger partial charge on any atom is -0.294 e. The number of nitrogens with zero attached hydrogens (tertiary/aromatic N) is 1. The molecule has 19 heavy (non-hydrogen) atoms. The molecule has 0 bridgehead atoms. The van der Waals surface area contributed by atoms with Gasteiger partial charge in [-0.1, -0.05) is 36.4 Å². The number of Topliss-reactive ketones (excluding diaryl/α,β-unsaturated/α-hetero) is 1. The largest absolute Gasteiger partial charge is 0.294 e. The van der Waals surface area contributed by atoms with Gasteiger partial charge < -0.3 is 0 Å². The van der Waals surface area contributed by atoms with Gasteiger partial charge in [-0.3, -0.25) is 9.78 Å². The zero-order chi connectivity index (χ0) is 12.8. The quantitative estimate of drug-likeness (QED) is 0.605. The lowest BCUT2D eigenvalue weighted by atomic mass is 9.83. The van der Waals surface area contributed by atoms with Crippen LogP contribution in [-0.4, -0.2) is 10.8 Å². The monoisotopic (exact) mass is 245 g/mol. The minimum atomic E-state index is 0.187. The zero-order valence-corrected chi connectivity index (χ0v) is 10.3. The van der Waals surface area contributed by atoms with Crippen LogP contribution in [0.3, 0.4) is 0 Å². The number of fused-ring (bicyclic) bond motifs is 5. The summed E-state index contributed by atoms with van der Waals surface area (Å²) in [4.78, 5) is 16.8. The van der Waals surface area contributed by atoms with Crippen LogP contribution in [0.25, 0.3) is 22.0 Å². The Balaban J connectivity index is 2.15. The highest BCUT2D eigenvalue weighted by atomic mass is 16.1. The lowest BCUT2D eigenvalue weighted by Gasteiger charge is -2.20. The van der Waals surface area contributed by atoms with Crippen molar-refractivity contribution in [3.05, 3.63) is 65.9 Å². The van der Waals surface area contributed by atoms with Crippen molar-refractivity contribution >= 4 is 16.7 Å². The van der Waals surface area contributed by atoms with Crippen molar-refractivity contribution in [3.63, 3.8) is 0 Å². The third kappa shape index (κ3) is 1.43. The second-order valence-corrected chi connectivity index (χ2v) is 4.82. The average molecular weight is 245 g/mol. The lowest BCUT2D eigenvalue weighted by Crippen LogP contribution is -2.13. The molecule has 4 rings (SSSR count). The van der Waals surface area contributed by atoms with Gasteiger partial charge in [-0.15, -0.1) is 0 Å². The highest BCUT2D eigenvalue weighted by Gasteiger charge is 2.24. The lowest BCUT2D eigenvalue weighted by molar-refractivity contribution is 0.0993. The normalized spacial score (nSPS) is 13.2. The summed E-state index contributed by atoms with van der Waals surface area (Å²) in [6.45, 7) is 0. The van der Waals surface area contributed by atoms with Crippen molar-refractivity contribution in [3.8, 4) is 11.1 Å². The number of benzene rings is 2. The maximum Gasteiger partial charge on any atom is 0.168 e. The first-order chi connectivity index (χ1) is 9.34. The van der Waals surface area contributed by atoms with Gasteiger partial charge >= 0.3 is 0 Å². The Labute approximate surface area is 110 Å². The van der Waals surface area contributed by atoms with Crippen molar-refractivity contribution in [2.45, 2.75) is 6.42 Å². The van der Waals surface area contributed by atoms with Crippen molar-refractivity contribution < 1.29 is 4.79 Å². The van der Waals surface area contributed by atoms with E-state index in [2.05, 4.69) is 11.1 Å². The van der Waals surface area contributed by atoms with Crippen LogP contribution < -0.4 is 0 Å². The topological polar surface area (TPSA) is 30.0 Å². The summed E-state index contributed by atoms with van der Waals surface area (Å²) >= 11 is 0. The molecule has 1 aromatic heterocycles. The summed E-state index contributed by atoms with van der Waals surface area (Å²) in [5.74, 6) is 0.187. The summed E-state index contributed by atoms with van der Waals surface area (Å²) in [5.41, 5.74) is 5.02. The fourth-order valence-corrected chi connectivity index (χ4v) is 2.88. The highest BCUT2D eigenvalue weighted by molar-refractivity contribution is 6.15. The predicted octanol–water partition coefficient (Wildman–Crippen LogP) is 3.64. The zero-order valence-electron chi connectivity index (χ0n) is 10.3. The van der Waals surface area contributed by atoms with Gasteiger partial charge in [0.15, 0.2) is 5.78 Å². The van der Waals surface area contributed by atoms with E-state index < -0.39 is 0 Å². The van der Waals surface area contributed by atoms with E-state index in [1.807, 2.05) is 42.5 Å². The maximum atomic E-state index is 12.4. The average Bonchev–Trinajstić information content (AvgIpc) is 2.46. The van der Waals surface area contributed by atoms with E-state index in [-0.39, 0.29) is 5.78 Å². The number of carbonyl (C=O) groups excluding carboxylic acids is 1. The Morgan fingerprint density at radius 1 is 0.895 bits per heavy atom. The molecule has 2 nitrogen and oxygen atoms in total. The van der Waals surface area contributed by atoms with Gasteiger partial charge in [0.05, 0.1) is 5.52 Å². The summed E-state index contributed by atoms with van der Waals surface area (Å²) in [6.07, 6.45) is 2.24. The Hall–Kier alpha value is -2.48. The molecule has 0 amide bonds. The Kier molecular flexibility index (Phi) is 2.06. The van der Waals surface area contributed by atoms with Gasteiger partial charge in [0.25, 0.3) is 0 Å². The second-order valence-electron chi connectivity index (χ2n) is 4.82. The minimum absolute atomic E-state index is 0.187. The molecule has 0 fully saturated rings. The van der Waals surface area contributed by atoms with Crippen LogP contribution in [0.15, 0.2) is 54.7 Å². The molecular weight excluding hydrogens is 234 g/mol. The molecule has 1 aliphatic carbocycles. The van der Waals surface area contributed by atoms with E-state index in [1.54, 1.807) is 6.20 Å². The third-order valence-corrected chi connectivity index (χ3v) is 3.72. The van der Waals surface area contributed by atoms with Gasteiger partial charge in [-0.2, -0.15) is 0 Å². The van der Waals surface area contributed by atoms with Crippen LogP contribution in [-0.2, 0) is 6.42 Å². The van der Waals surface area contributed by atoms with E-state index in [9.17, 15) is 4.79 Å². The van der Waals surface area contributed by atoms with Crippen LogP contribution in [0.5, 0.6) is 0 Å². The SMILES string of the molecule is O=C1Cc2ccccc2-c2ccc3ncccc3c21. The van der Waals surface area contributed by atoms with Crippen LogP contribution in [0, 0.1) is 0 Å². The molecule has 0 atom stereocenters. The van der Waals surface area contributed by atoms with Gasteiger partial charge in [0.1, 0.15) is 0 Å². The van der Waals surface area contributed by atoms with Gasteiger partial charge in [0, 0.05) is 23.6 Å². The molecule has 2 aromatic carbocycles. The fraction of sp³-hybridized carbons (Fsp3) is 0.0588. The molecule has 0 saturated carbocycles. The number of aromatic nitrogens is 1. The van der Waals surface area contributed by atoms with Crippen molar-refractivity contribution in [2.24, 2.45) is 0 Å². The van der Waals surface area contributed by atoms with Gasteiger partial charge in [-0.05, 0) is 28.8 Å². The van der Waals surface area contributed by atoms with E-state index in [0.29, 0.717) is 6.42 Å². The maximum absolute atomic E-state index is 12.4. The summed E-state index contributed by atoms with van der Waals surface area (Å²) in [6, 6.07) is 16.0. The Bertz CT molecular complexity index is 820. The Morgan fingerprint density at radius 3 is 2.74 bits per heavy atom. The highest BCUT2D eigenvalue weighted by Crippen LogP contribution is 2.36.